The third-order valence-corrected chi connectivity index (χ3v) is 4.98. The van der Waals surface area contributed by atoms with Crippen molar-refractivity contribution in [3.63, 3.8) is 0 Å². The number of halogens is 1. The molecule has 1 unspecified atom stereocenters. The number of nitrogens with two attached hydrogens (primary N) is 1. The van der Waals surface area contributed by atoms with Gasteiger partial charge in [0.25, 0.3) is 0 Å². The zero-order chi connectivity index (χ0) is 15.6. The Morgan fingerprint density at radius 1 is 1.40 bits per heavy atom. The number of sulfonamides is 1. The number of hydrogen-bond acceptors (Lipinski definition) is 4. The zero-order valence-electron chi connectivity index (χ0n) is 12.1. The predicted octanol–water partition coefficient (Wildman–Crippen LogP) is 2.11. The summed E-state index contributed by atoms with van der Waals surface area (Å²) in [6.07, 6.45) is 0. The van der Waals surface area contributed by atoms with Crippen molar-refractivity contribution >= 4 is 26.0 Å². The molecule has 1 aromatic rings. The highest BCUT2D eigenvalue weighted by atomic mass is 79.9. The number of rotatable bonds is 5. The highest BCUT2D eigenvalue weighted by molar-refractivity contribution is 9.10. The topological polar surface area (TPSA) is 81.4 Å². The third-order valence-electron chi connectivity index (χ3n) is 2.99. The van der Waals surface area contributed by atoms with Gasteiger partial charge in [-0.25, -0.2) is 13.1 Å². The lowest BCUT2D eigenvalue weighted by molar-refractivity contribution is 0.304. The van der Waals surface area contributed by atoms with Crippen LogP contribution in [0.5, 0.6) is 5.75 Å². The van der Waals surface area contributed by atoms with Gasteiger partial charge in [-0.15, -0.1) is 0 Å². The van der Waals surface area contributed by atoms with Crippen LogP contribution in [0.15, 0.2) is 27.6 Å². The van der Waals surface area contributed by atoms with Gasteiger partial charge in [0.15, 0.2) is 0 Å². The van der Waals surface area contributed by atoms with Crippen molar-refractivity contribution in [2.75, 3.05) is 13.7 Å². The van der Waals surface area contributed by atoms with Crippen molar-refractivity contribution in [1.29, 1.82) is 0 Å². The van der Waals surface area contributed by atoms with Gasteiger partial charge in [0, 0.05) is 17.1 Å². The summed E-state index contributed by atoms with van der Waals surface area (Å²) in [5.41, 5.74) is 5.40. The first-order valence-corrected chi connectivity index (χ1v) is 8.45. The minimum absolute atomic E-state index is 0.0945. The Morgan fingerprint density at radius 2 is 2.00 bits per heavy atom. The van der Waals surface area contributed by atoms with Gasteiger partial charge < -0.3 is 10.5 Å². The van der Waals surface area contributed by atoms with Gasteiger partial charge in [-0.2, -0.15) is 0 Å². The maximum absolute atomic E-state index is 12.5. The van der Waals surface area contributed by atoms with E-state index < -0.39 is 10.0 Å². The Hall–Kier alpha value is -0.630. The number of benzene rings is 1. The fourth-order valence-electron chi connectivity index (χ4n) is 1.69. The Labute approximate surface area is 129 Å². The van der Waals surface area contributed by atoms with E-state index in [-0.39, 0.29) is 22.9 Å². The first-order chi connectivity index (χ1) is 9.11. The van der Waals surface area contributed by atoms with Crippen LogP contribution in [0, 0.1) is 5.41 Å². The maximum Gasteiger partial charge on any atom is 0.244 e. The van der Waals surface area contributed by atoms with E-state index in [2.05, 4.69) is 20.7 Å². The third kappa shape index (κ3) is 4.18. The first kappa shape index (κ1) is 17.4. The molecule has 1 rings (SSSR count). The second-order valence-electron chi connectivity index (χ2n) is 5.57. The van der Waals surface area contributed by atoms with Crippen molar-refractivity contribution < 1.29 is 13.2 Å². The van der Waals surface area contributed by atoms with E-state index in [1.807, 2.05) is 20.8 Å². The van der Waals surface area contributed by atoms with E-state index >= 15 is 0 Å². The van der Waals surface area contributed by atoms with E-state index in [9.17, 15) is 8.42 Å². The van der Waals surface area contributed by atoms with E-state index in [4.69, 9.17) is 10.5 Å². The molecular weight excluding hydrogens is 344 g/mol. The van der Waals surface area contributed by atoms with E-state index in [1.54, 1.807) is 12.1 Å². The van der Waals surface area contributed by atoms with E-state index in [1.165, 1.54) is 13.2 Å². The van der Waals surface area contributed by atoms with Gasteiger partial charge in [-0.3, -0.25) is 0 Å². The molecule has 20 heavy (non-hydrogen) atoms. The molecule has 0 heterocycles. The number of ether oxygens (including phenoxy) is 1. The van der Waals surface area contributed by atoms with Gasteiger partial charge in [0.2, 0.25) is 10.0 Å². The molecule has 1 aromatic carbocycles. The normalized spacial score (nSPS) is 14.1. The molecule has 5 nitrogen and oxygen atoms in total. The summed E-state index contributed by atoms with van der Waals surface area (Å²) >= 11 is 3.27. The van der Waals surface area contributed by atoms with Crippen molar-refractivity contribution in [1.82, 2.24) is 4.72 Å². The molecule has 0 aromatic heterocycles. The number of nitrogens with one attached hydrogen (secondary N) is 1. The molecule has 7 heteroatoms. The maximum atomic E-state index is 12.5. The molecule has 3 N–H and O–H groups in total. The summed E-state index contributed by atoms with van der Waals surface area (Å²) in [5, 5.41) is 0. The van der Waals surface area contributed by atoms with Gasteiger partial charge in [0.1, 0.15) is 10.6 Å². The molecule has 114 valence electrons. The minimum Gasteiger partial charge on any atom is -0.495 e. The van der Waals surface area contributed by atoms with Crippen molar-refractivity contribution in [3.8, 4) is 5.75 Å². The van der Waals surface area contributed by atoms with Crippen LogP contribution in [0.4, 0.5) is 0 Å². The Kier molecular flexibility index (Phi) is 5.60. The van der Waals surface area contributed by atoms with Gasteiger partial charge >= 0.3 is 0 Å². The summed E-state index contributed by atoms with van der Waals surface area (Å²) in [6, 6.07) is 4.48. The first-order valence-electron chi connectivity index (χ1n) is 6.17. The predicted molar refractivity (Wildman–Crippen MR) is 83.3 cm³/mol. The smallest absolute Gasteiger partial charge is 0.244 e. The molecule has 0 saturated carbocycles. The summed E-state index contributed by atoms with van der Waals surface area (Å²) in [4.78, 5) is 0.0945. The number of hydrogen-bond donors (Lipinski definition) is 2. The molecule has 0 bridgehead atoms. The zero-order valence-corrected chi connectivity index (χ0v) is 14.5. The Bertz CT molecular complexity index is 567. The summed E-state index contributed by atoms with van der Waals surface area (Å²) in [7, 11) is -2.27. The summed E-state index contributed by atoms with van der Waals surface area (Å²) < 4.78 is 33.5. The summed E-state index contributed by atoms with van der Waals surface area (Å²) in [6.45, 7) is 6.03. The molecule has 0 fully saturated rings. The van der Waals surface area contributed by atoms with Crippen LogP contribution < -0.4 is 15.2 Å². The van der Waals surface area contributed by atoms with Crippen LogP contribution in [0.3, 0.4) is 0 Å². The summed E-state index contributed by atoms with van der Waals surface area (Å²) in [5.74, 6) is 0.297. The highest BCUT2D eigenvalue weighted by Crippen LogP contribution is 2.28. The second-order valence-corrected chi connectivity index (χ2v) is 8.17. The lowest BCUT2D eigenvalue weighted by Gasteiger charge is -2.30. The highest BCUT2D eigenvalue weighted by Gasteiger charge is 2.30. The van der Waals surface area contributed by atoms with Crippen LogP contribution >= 0.6 is 15.9 Å². The lowest BCUT2D eigenvalue weighted by Crippen LogP contribution is -2.48. The standard InChI is InChI=1S/C13H21BrN2O3S/c1-13(2,3)12(8-15)16-20(17,18)11-7-9(14)5-6-10(11)19-4/h5-7,12,16H,8,15H2,1-4H3. The molecule has 0 spiro atoms. The molecule has 0 radical (unpaired) electrons. The number of methoxy groups -OCH3 is 1. The lowest BCUT2D eigenvalue weighted by atomic mass is 9.88. The Morgan fingerprint density at radius 3 is 2.45 bits per heavy atom. The minimum atomic E-state index is -3.70. The van der Waals surface area contributed by atoms with Gasteiger partial charge in [0.05, 0.1) is 7.11 Å². The van der Waals surface area contributed by atoms with Crippen molar-refractivity contribution in [2.24, 2.45) is 11.1 Å². The van der Waals surface area contributed by atoms with E-state index in [0.29, 0.717) is 10.2 Å². The fraction of sp³-hybridized carbons (Fsp3) is 0.538. The van der Waals surface area contributed by atoms with Crippen LogP contribution in [0.1, 0.15) is 20.8 Å². The van der Waals surface area contributed by atoms with E-state index in [0.717, 1.165) is 0 Å². The largest absolute Gasteiger partial charge is 0.495 e. The van der Waals surface area contributed by atoms with Crippen LogP contribution in [-0.2, 0) is 10.0 Å². The van der Waals surface area contributed by atoms with Crippen LogP contribution in [0.25, 0.3) is 0 Å². The van der Waals surface area contributed by atoms with Crippen LogP contribution in [0.2, 0.25) is 0 Å². The van der Waals surface area contributed by atoms with Crippen molar-refractivity contribution in [2.45, 2.75) is 31.7 Å². The average Bonchev–Trinajstić information content (AvgIpc) is 2.34. The van der Waals surface area contributed by atoms with Crippen molar-refractivity contribution in [3.05, 3.63) is 22.7 Å². The average molecular weight is 365 g/mol. The van der Waals surface area contributed by atoms with Gasteiger partial charge in [-0.05, 0) is 23.6 Å². The van der Waals surface area contributed by atoms with Gasteiger partial charge in [-0.1, -0.05) is 36.7 Å². The molecule has 0 amide bonds. The second kappa shape index (κ2) is 6.43. The Balaban J connectivity index is 3.20. The molecule has 0 aliphatic heterocycles. The van der Waals surface area contributed by atoms with Crippen LogP contribution in [-0.4, -0.2) is 28.1 Å². The molecule has 0 aliphatic carbocycles. The monoisotopic (exact) mass is 364 g/mol. The molecular formula is C13H21BrN2O3S. The molecule has 0 saturated heterocycles. The molecule has 0 aliphatic rings. The SMILES string of the molecule is COc1ccc(Br)cc1S(=O)(=O)NC(CN)C(C)(C)C. The molecule has 1 atom stereocenters. The fourth-order valence-corrected chi connectivity index (χ4v) is 3.85. The quantitative estimate of drug-likeness (QED) is 0.838.